The lowest BCUT2D eigenvalue weighted by Crippen LogP contribution is -2.59. The van der Waals surface area contributed by atoms with Gasteiger partial charge in [-0.1, -0.05) is 48.6 Å². The SMILES string of the molecule is C/C=C\C(=C/C)c1cccc(/C=C/c2cc(OC)c(CN3CCCCC3(CO)C(=O)OC)c(OC)c2)c1C. The van der Waals surface area contributed by atoms with Crippen molar-refractivity contribution in [3.8, 4) is 11.5 Å². The zero-order valence-corrected chi connectivity index (χ0v) is 23.5. The molecule has 1 fully saturated rings. The first-order valence-corrected chi connectivity index (χ1v) is 13.1. The highest BCUT2D eigenvalue weighted by molar-refractivity contribution is 5.82. The summed E-state index contributed by atoms with van der Waals surface area (Å²) in [6, 6.07) is 10.3. The first kappa shape index (κ1) is 29.2. The third-order valence-electron chi connectivity index (χ3n) is 7.48. The van der Waals surface area contributed by atoms with E-state index in [0.717, 1.165) is 29.5 Å². The molecule has 1 aliphatic heterocycles. The van der Waals surface area contributed by atoms with Gasteiger partial charge in [0, 0.05) is 6.54 Å². The number of aliphatic hydroxyl groups excluding tert-OH is 1. The molecule has 0 aliphatic carbocycles. The second-order valence-electron chi connectivity index (χ2n) is 9.56. The molecule has 0 aromatic heterocycles. The Morgan fingerprint density at radius 2 is 1.79 bits per heavy atom. The number of hydrogen-bond donors (Lipinski definition) is 1. The van der Waals surface area contributed by atoms with Crippen LogP contribution in [0.4, 0.5) is 0 Å². The van der Waals surface area contributed by atoms with Gasteiger partial charge >= 0.3 is 5.97 Å². The molecule has 0 saturated carbocycles. The number of benzene rings is 2. The summed E-state index contributed by atoms with van der Waals surface area (Å²) in [5.41, 5.74) is 5.44. The Morgan fingerprint density at radius 1 is 1.08 bits per heavy atom. The van der Waals surface area contributed by atoms with Gasteiger partial charge in [0.25, 0.3) is 0 Å². The minimum Gasteiger partial charge on any atom is -0.496 e. The van der Waals surface area contributed by atoms with Crippen LogP contribution in [0.1, 0.15) is 60.9 Å². The summed E-state index contributed by atoms with van der Waals surface area (Å²) in [5.74, 6) is 0.923. The number of hydrogen-bond acceptors (Lipinski definition) is 6. The largest absolute Gasteiger partial charge is 0.496 e. The third-order valence-corrected chi connectivity index (χ3v) is 7.48. The van der Waals surface area contributed by atoms with Crippen molar-refractivity contribution >= 4 is 23.7 Å². The van der Waals surface area contributed by atoms with E-state index in [9.17, 15) is 9.90 Å². The van der Waals surface area contributed by atoms with Gasteiger partial charge in [-0.25, -0.2) is 4.79 Å². The van der Waals surface area contributed by atoms with Crippen molar-refractivity contribution in [2.24, 2.45) is 0 Å². The summed E-state index contributed by atoms with van der Waals surface area (Å²) in [5, 5.41) is 10.3. The van der Waals surface area contributed by atoms with E-state index in [1.165, 1.54) is 23.8 Å². The lowest BCUT2D eigenvalue weighted by molar-refractivity contribution is -0.162. The highest BCUT2D eigenvalue weighted by Crippen LogP contribution is 2.37. The summed E-state index contributed by atoms with van der Waals surface area (Å²) < 4.78 is 16.7. The molecule has 1 unspecified atom stereocenters. The molecule has 0 radical (unpaired) electrons. The zero-order chi connectivity index (χ0) is 27.7. The average Bonchev–Trinajstić information content (AvgIpc) is 2.95. The molecular formula is C32H41NO5. The van der Waals surface area contributed by atoms with Crippen LogP contribution in [0.2, 0.25) is 0 Å². The molecular weight excluding hydrogens is 478 g/mol. The van der Waals surface area contributed by atoms with Gasteiger partial charge in [-0.3, -0.25) is 4.90 Å². The maximum atomic E-state index is 12.7. The number of piperidine rings is 1. The fraction of sp³-hybridized carbons (Fsp3) is 0.406. The zero-order valence-electron chi connectivity index (χ0n) is 23.5. The summed E-state index contributed by atoms with van der Waals surface area (Å²) in [4.78, 5) is 14.7. The van der Waals surface area contributed by atoms with Gasteiger partial charge in [-0.2, -0.15) is 0 Å². The summed E-state index contributed by atoms with van der Waals surface area (Å²) in [6.45, 7) is 6.98. The van der Waals surface area contributed by atoms with E-state index >= 15 is 0 Å². The van der Waals surface area contributed by atoms with Crippen LogP contribution in [0, 0.1) is 6.92 Å². The molecule has 6 heteroatoms. The van der Waals surface area contributed by atoms with E-state index in [0.29, 0.717) is 31.0 Å². The van der Waals surface area contributed by atoms with Crippen molar-refractivity contribution in [2.45, 2.75) is 52.1 Å². The van der Waals surface area contributed by atoms with Crippen molar-refractivity contribution in [1.29, 1.82) is 0 Å². The van der Waals surface area contributed by atoms with Crippen LogP contribution in [0.5, 0.6) is 11.5 Å². The summed E-state index contributed by atoms with van der Waals surface area (Å²) in [7, 11) is 4.64. The number of ether oxygens (including phenoxy) is 3. The summed E-state index contributed by atoms with van der Waals surface area (Å²) in [6.07, 6.45) is 12.8. The number of rotatable bonds is 10. The molecule has 0 spiro atoms. The van der Waals surface area contributed by atoms with E-state index in [1.807, 2.05) is 24.0 Å². The Balaban J connectivity index is 1.97. The second kappa shape index (κ2) is 13.4. The van der Waals surface area contributed by atoms with Crippen LogP contribution in [0.15, 0.2) is 48.6 Å². The molecule has 2 aromatic carbocycles. The number of carbonyl (C=O) groups excluding carboxylic acids is 1. The average molecular weight is 520 g/mol. The van der Waals surface area contributed by atoms with Crippen LogP contribution >= 0.6 is 0 Å². The third kappa shape index (κ3) is 6.03. The van der Waals surface area contributed by atoms with Gasteiger partial charge in [0.1, 0.15) is 17.0 Å². The predicted molar refractivity (Wildman–Crippen MR) is 154 cm³/mol. The minimum atomic E-state index is -1.07. The summed E-state index contributed by atoms with van der Waals surface area (Å²) >= 11 is 0. The molecule has 0 bridgehead atoms. The Kier molecular flexibility index (Phi) is 10.3. The molecule has 1 aliphatic rings. The number of allylic oxidation sites excluding steroid dienone is 4. The van der Waals surface area contributed by atoms with Gasteiger partial charge in [0.15, 0.2) is 0 Å². The Bertz CT molecular complexity index is 1190. The van der Waals surface area contributed by atoms with E-state index in [1.54, 1.807) is 14.2 Å². The smallest absolute Gasteiger partial charge is 0.328 e. The Morgan fingerprint density at radius 3 is 2.37 bits per heavy atom. The number of nitrogens with zero attached hydrogens (tertiary/aromatic N) is 1. The Labute approximate surface area is 227 Å². The van der Waals surface area contributed by atoms with Crippen molar-refractivity contribution < 1.29 is 24.1 Å². The van der Waals surface area contributed by atoms with Gasteiger partial charge in [0.2, 0.25) is 0 Å². The predicted octanol–water partition coefficient (Wildman–Crippen LogP) is 6.05. The molecule has 1 heterocycles. The molecule has 38 heavy (non-hydrogen) atoms. The quantitative estimate of drug-likeness (QED) is 0.234. The van der Waals surface area contributed by atoms with E-state index < -0.39 is 11.5 Å². The number of aliphatic hydroxyl groups is 1. The van der Waals surface area contributed by atoms with E-state index in [-0.39, 0.29) is 6.61 Å². The van der Waals surface area contributed by atoms with Crippen molar-refractivity contribution in [3.05, 3.63) is 76.4 Å². The van der Waals surface area contributed by atoms with Crippen LogP contribution in [-0.4, -0.2) is 56.0 Å². The fourth-order valence-corrected chi connectivity index (χ4v) is 5.29. The van der Waals surface area contributed by atoms with Crippen LogP contribution in [0.3, 0.4) is 0 Å². The molecule has 204 valence electrons. The molecule has 1 N–H and O–H groups in total. The van der Waals surface area contributed by atoms with Crippen LogP contribution in [-0.2, 0) is 16.1 Å². The number of esters is 1. The van der Waals surface area contributed by atoms with E-state index in [4.69, 9.17) is 14.2 Å². The Hall–Kier alpha value is -3.35. The molecule has 1 saturated heterocycles. The van der Waals surface area contributed by atoms with E-state index in [2.05, 4.69) is 62.4 Å². The second-order valence-corrected chi connectivity index (χ2v) is 9.56. The minimum absolute atomic E-state index is 0.299. The molecule has 2 aromatic rings. The molecule has 6 nitrogen and oxygen atoms in total. The van der Waals surface area contributed by atoms with Crippen LogP contribution < -0.4 is 9.47 Å². The standard InChI is InChI=1S/C32H41NO5/c1-7-12-25(8-2)27-14-11-13-26(23(27)3)16-15-24-19-29(36-4)28(30(20-24)37-5)21-33-18-10-9-17-32(33,22-34)31(35)38-6/h7-8,11-16,19-20,34H,9-10,17-18,21-22H2,1-6H3/b12-7-,16-15+,25-8+. The monoisotopic (exact) mass is 519 g/mol. The lowest BCUT2D eigenvalue weighted by Gasteiger charge is -2.44. The van der Waals surface area contributed by atoms with Crippen molar-refractivity contribution in [2.75, 3.05) is 34.5 Å². The molecule has 1 atom stereocenters. The lowest BCUT2D eigenvalue weighted by atomic mass is 9.86. The van der Waals surface area contributed by atoms with Crippen LogP contribution in [0.25, 0.3) is 17.7 Å². The maximum absolute atomic E-state index is 12.7. The number of likely N-dealkylation sites (tertiary alicyclic amines) is 1. The first-order chi connectivity index (χ1) is 18.4. The highest BCUT2D eigenvalue weighted by Gasteiger charge is 2.46. The van der Waals surface area contributed by atoms with Gasteiger partial charge in [0.05, 0.1) is 33.5 Å². The van der Waals surface area contributed by atoms with Crippen molar-refractivity contribution in [1.82, 2.24) is 4.90 Å². The van der Waals surface area contributed by atoms with Gasteiger partial charge in [-0.15, -0.1) is 0 Å². The van der Waals surface area contributed by atoms with Gasteiger partial charge < -0.3 is 19.3 Å². The maximum Gasteiger partial charge on any atom is 0.328 e. The normalized spacial score (nSPS) is 18.8. The number of carbonyl (C=O) groups is 1. The van der Waals surface area contributed by atoms with Crippen molar-refractivity contribution in [3.63, 3.8) is 0 Å². The number of methoxy groups -OCH3 is 3. The topological polar surface area (TPSA) is 68.2 Å². The fourth-order valence-electron chi connectivity index (χ4n) is 5.29. The first-order valence-electron chi connectivity index (χ1n) is 13.1. The molecule has 0 amide bonds. The van der Waals surface area contributed by atoms with Gasteiger partial charge in [-0.05, 0) is 86.5 Å². The highest BCUT2D eigenvalue weighted by atomic mass is 16.5. The molecule has 3 rings (SSSR count).